The Hall–Kier alpha value is -6.57. The van der Waals surface area contributed by atoms with Crippen molar-refractivity contribution in [3.63, 3.8) is 0 Å². The van der Waals surface area contributed by atoms with Crippen LogP contribution in [0, 0.1) is 11.8 Å². The number of esters is 2. The Labute approximate surface area is 465 Å². The second kappa shape index (κ2) is 36.5. The third kappa shape index (κ3) is 28.7. The molecule has 0 bridgehead atoms. The number of carbonyl (C=O) groups is 11. The molecule has 0 aliphatic heterocycles. The van der Waals surface area contributed by atoms with Gasteiger partial charge in [-0.15, -0.1) is 0 Å². The minimum absolute atomic E-state index is 0.139. The van der Waals surface area contributed by atoms with Crippen molar-refractivity contribution >= 4 is 87.2 Å². The SMILES string of the molecule is COC(=O)[C@@H](NC(=O)[C@H](Cc1ccccc1)NC(=O)CNCC(=O)SCC(=O)NCCCN(CCCNC(=O)CSC(=O)CNCC(=O)N[C@@H](Cc1ccccc1)C(=O)N[C@H](C(=O)OC)C(C)C)C(=O)OC(C)(C)C)C(C)C. The van der Waals surface area contributed by atoms with Gasteiger partial charge in [-0.3, -0.25) is 38.4 Å². The third-order valence-corrected chi connectivity index (χ3v) is 12.8. The van der Waals surface area contributed by atoms with Crippen molar-refractivity contribution in [2.75, 3.05) is 78.1 Å². The van der Waals surface area contributed by atoms with Crippen molar-refractivity contribution in [1.29, 1.82) is 0 Å². The smallest absolute Gasteiger partial charge is 0.410 e. The van der Waals surface area contributed by atoms with Gasteiger partial charge in [0.1, 0.15) is 29.8 Å². The number of thioether (sulfide) groups is 2. The second-order valence-electron chi connectivity index (χ2n) is 19.5. The first kappa shape index (κ1) is 67.5. The summed E-state index contributed by atoms with van der Waals surface area (Å²) < 4.78 is 15.2. The predicted molar refractivity (Wildman–Crippen MR) is 295 cm³/mol. The highest BCUT2D eigenvalue weighted by Gasteiger charge is 2.31. The summed E-state index contributed by atoms with van der Waals surface area (Å²) >= 11 is 1.49. The Morgan fingerprint density at radius 3 is 1.23 bits per heavy atom. The van der Waals surface area contributed by atoms with Gasteiger partial charge in [0.15, 0.2) is 0 Å². The van der Waals surface area contributed by atoms with Gasteiger partial charge in [0.05, 0.1) is 51.9 Å². The molecule has 78 heavy (non-hydrogen) atoms. The molecule has 0 fully saturated rings. The molecule has 2 aromatic rings. The summed E-state index contributed by atoms with van der Waals surface area (Å²) in [5.41, 5.74) is 0.744. The van der Waals surface area contributed by atoms with Crippen LogP contribution in [-0.4, -0.2) is 176 Å². The van der Waals surface area contributed by atoms with E-state index in [-0.39, 0.29) is 88.5 Å². The highest BCUT2D eigenvalue weighted by molar-refractivity contribution is 8.14. The molecule has 0 radical (unpaired) electrons. The minimum Gasteiger partial charge on any atom is -0.467 e. The van der Waals surface area contributed by atoms with Crippen molar-refractivity contribution in [1.82, 2.24) is 47.4 Å². The van der Waals surface area contributed by atoms with Gasteiger partial charge >= 0.3 is 18.0 Å². The Balaban J connectivity index is 1.75. The van der Waals surface area contributed by atoms with E-state index in [1.165, 1.54) is 19.1 Å². The summed E-state index contributed by atoms with van der Waals surface area (Å²) in [6, 6.07) is 14.1. The first-order valence-electron chi connectivity index (χ1n) is 25.6. The third-order valence-electron chi connectivity index (χ3n) is 11.1. The predicted octanol–water partition coefficient (Wildman–Crippen LogP) is 1.02. The van der Waals surface area contributed by atoms with Gasteiger partial charge in [-0.1, -0.05) is 112 Å². The van der Waals surface area contributed by atoms with E-state index < -0.39 is 93.5 Å². The Bertz CT molecular complexity index is 2140. The molecule has 0 heterocycles. The average Bonchev–Trinajstić information content (AvgIpc) is 3.38. The molecule has 0 aliphatic carbocycles. The minimum atomic E-state index is -1.04. The Morgan fingerprint density at radius 2 is 0.897 bits per heavy atom. The van der Waals surface area contributed by atoms with Gasteiger partial charge in [0, 0.05) is 39.0 Å². The molecular weight excluding hydrogens is 1050 g/mol. The average molecular weight is 1130 g/mol. The monoisotopic (exact) mass is 1130 g/mol. The largest absolute Gasteiger partial charge is 0.467 e. The quantitative estimate of drug-likeness (QED) is 0.0276. The molecule has 23 nitrogen and oxygen atoms in total. The number of amides is 7. The van der Waals surface area contributed by atoms with E-state index in [2.05, 4.69) is 42.5 Å². The van der Waals surface area contributed by atoms with Crippen LogP contribution < -0.4 is 42.5 Å². The van der Waals surface area contributed by atoms with Crippen molar-refractivity contribution in [3.05, 3.63) is 71.8 Å². The molecule has 0 spiro atoms. The van der Waals surface area contributed by atoms with Gasteiger partial charge in [0.2, 0.25) is 45.7 Å². The van der Waals surface area contributed by atoms with Crippen molar-refractivity contribution in [2.24, 2.45) is 11.8 Å². The molecule has 0 saturated heterocycles. The number of nitrogens with one attached hydrogen (secondary N) is 8. The highest BCUT2D eigenvalue weighted by atomic mass is 32.2. The summed E-state index contributed by atoms with van der Waals surface area (Å²) in [6.45, 7) is 11.8. The maximum atomic E-state index is 13.3. The maximum absolute atomic E-state index is 13.3. The van der Waals surface area contributed by atoms with Crippen LogP contribution in [0.15, 0.2) is 60.7 Å². The maximum Gasteiger partial charge on any atom is 0.410 e. The van der Waals surface area contributed by atoms with Gasteiger partial charge in [-0.25, -0.2) is 14.4 Å². The van der Waals surface area contributed by atoms with Crippen LogP contribution in [-0.2, 0) is 75.0 Å². The van der Waals surface area contributed by atoms with Gasteiger partial charge in [0.25, 0.3) is 0 Å². The van der Waals surface area contributed by atoms with E-state index in [1.54, 1.807) is 97.0 Å². The number of nitrogens with zero attached hydrogens (tertiary/aromatic N) is 1. The van der Waals surface area contributed by atoms with E-state index in [0.717, 1.165) is 34.7 Å². The summed E-state index contributed by atoms with van der Waals surface area (Å²) in [6.07, 6.45) is 0.362. The molecule has 2 aromatic carbocycles. The van der Waals surface area contributed by atoms with Crippen LogP contribution in [0.25, 0.3) is 0 Å². The summed E-state index contributed by atoms with van der Waals surface area (Å²) in [5, 5.41) is 20.7. The molecule has 0 aliphatic rings. The van der Waals surface area contributed by atoms with E-state index in [0.29, 0.717) is 12.8 Å². The fourth-order valence-corrected chi connectivity index (χ4v) is 8.23. The van der Waals surface area contributed by atoms with E-state index in [1.807, 2.05) is 12.1 Å². The zero-order chi connectivity index (χ0) is 58.2. The first-order chi connectivity index (χ1) is 36.9. The first-order valence-corrected chi connectivity index (χ1v) is 27.6. The molecule has 0 unspecified atom stereocenters. The number of methoxy groups -OCH3 is 2. The number of carbonyl (C=O) groups excluding carboxylic acids is 11. The molecule has 7 amide bonds. The van der Waals surface area contributed by atoms with Crippen LogP contribution >= 0.6 is 23.5 Å². The molecule has 8 N–H and O–H groups in total. The number of rotatable bonds is 34. The van der Waals surface area contributed by atoms with Crippen LogP contribution in [0.1, 0.15) is 72.4 Å². The molecule has 4 atom stereocenters. The second-order valence-corrected chi connectivity index (χ2v) is 21.6. The van der Waals surface area contributed by atoms with Crippen LogP contribution in [0.3, 0.4) is 0 Å². The van der Waals surface area contributed by atoms with Crippen LogP contribution in [0.2, 0.25) is 0 Å². The standard InChI is InChI=1S/C53H79N9O14S2/c1-34(2)46(50(71)74-8)60-48(69)38(26-36-18-12-10-13-19-36)58-40(63)28-54-30-44(67)77-32-42(65)56-22-16-24-62(52(73)76-53(5,6)7)25-17-23-57-43(66)33-78-45(68)31-55-29-41(64)59-39(27-37-20-14-11-15-21-37)49(70)61-47(35(3)4)51(72)75-9/h10-15,18-21,34-35,38-39,46-47,54-55H,16-17,22-33H2,1-9H3,(H,56,65)(H,57,66)(H,58,63)(H,59,64)(H,60,69)(H,61,70)/t38-,39-,46-,47-/m0/s1. The molecule has 432 valence electrons. The summed E-state index contributed by atoms with van der Waals surface area (Å²) in [4.78, 5) is 142. The Morgan fingerprint density at radius 1 is 0.526 bits per heavy atom. The number of ether oxygens (including phenoxy) is 3. The lowest BCUT2D eigenvalue weighted by atomic mass is 10.0. The Kier molecular flexibility index (Phi) is 31.6. The number of hydrogen-bond acceptors (Lipinski definition) is 18. The number of hydrogen-bond donors (Lipinski definition) is 8. The lowest BCUT2D eigenvalue weighted by molar-refractivity contribution is -0.147. The van der Waals surface area contributed by atoms with Gasteiger partial charge in [-0.2, -0.15) is 0 Å². The normalized spacial score (nSPS) is 12.7. The zero-order valence-corrected chi connectivity index (χ0v) is 47.7. The van der Waals surface area contributed by atoms with Crippen molar-refractivity contribution < 1.29 is 67.0 Å². The highest BCUT2D eigenvalue weighted by Crippen LogP contribution is 2.13. The van der Waals surface area contributed by atoms with E-state index >= 15 is 0 Å². The lowest BCUT2D eigenvalue weighted by Gasteiger charge is -2.27. The lowest BCUT2D eigenvalue weighted by Crippen LogP contribution is -2.55. The van der Waals surface area contributed by atoms with Crippen molar-refractivity contribution in [3.8, 4) is 0 Å². The molecule has 0 saturated carbocycles. The fourth-order valence-electron chi connectivity index (χ4n) is 7.03. The van der Waals surface area contributed by atoms with E-state index in [9.17, 15) is 52.7 Å². The van der Waals surface area contributed by atoms with Crippen LogP contribution in [0.5, 0.6) is 0 Å². The molecule has 25 heteroatoms. The molecule has 0 aromatic heterocycles. The zero-order valence-electron chi connectivity index (χ0n) is 46.1. The molecule has 2 rings (SSSR count). The fraction of sp³-hybridized carbons (Fsp3) is 0.566. The topological polar surface area (TPSA) is 315 Å². The van der Waals surface area contributed by atoms with Gasteiger partial charge in [-0.05, 0) is 56.6 Å². The van der Waals surface area contributed by atoms with Crippen molar-refractivity contribution in [2.45, 2.75) is 104 Å². The summed E-state index contributed by atoms with van der Waals surface area (Å²) in [7, 11) is 2.44. The summed E-state index contributed by atoms with van der Waals surface area (Å²) in [5.74, 6) is -5.37. The number of benzene rings is 2. The van der Waals surface area contributed by atoms with E-state index in [4.69, 9.17) is 14.2 Å². The molecular formula is C53H79N9O14S2. The van der Waals surface area contributed by atoms with Gasteiger partial charge < -0.3 is 61.6 Å². The van der Waals surface area contributed by atoms with Crippen LogP contribution in [0.4, 0.5) is 4.79 Å².